The number of benzene rings is 1. The Morgan fingerprint density at radius 2 is 1.92 bits per heavy atom. The lowest BCUT2D eigenvalue weighted by Gasteiger charge is -2.15. The summed E-state index contributed by atoms with van der Waals surface area (Å²) in [6.07, 6.45) is -6.65. The zero-order valence-corrected chi connectivity index (χ0v) is 14.1. The monoisotopic (exact) mass is 392 g/mol. The molecule has 134 valence electrons. The molecule has 0 aliphatic carbocycles. The van der Waals surface area contributed by atoms with Crippen LogP contribution in [0.1, 0.15) is 12.1 Å². The van der Waals surface area contributed by atoms with Crippen LogP contribution in [0, 0.1) is 0 Å². The molecule has 1 unspecified atom stereocenters. The maximum Gasteiger partial charge on any atom is 0.391 e. The Morgan fingerprint density at radius 1 is 1.28 bits per heavy atom. The van der Waals surface area contributed by atoms with Crippen molar-refractivity contribution in [3.63, 3.8) is 0 Å². The largest absolute Gasteiger partial charge is 0.480 e. The Kier molecular flexibility index (Phi) is 6.02. The molecule has 1 aromatic carbocycles. The van der Waals surface area contributed by atoms with Gasteiger partial charge < -0.3 is 10.4 Å². The normalized spacial score (nSPS) is 12.6. The molecule has 0 saturated carbocycles. The average Bonchev–Trinajstić information content (AvgIpc) is 2.94. The number of carbonyl (C=O) groups excluding carboxylic acids is 1. The standard InChI is InChI=1S/C15H12ClF3N2O3S/c16-9-3-1-8(2-4-9)13-20-10(7-25-13)5-12(22)21-11(14(23)24)6-15(17,18)19/h1-4,7,11H,5-6H2,(H,21,22)(H,23,24). The molecule has 0 radical (unpaired) electrons. The zero-order valence-electron chi connectivity index (χ0n) is 12.5. The minimum Gasteiger partial charge on any atom is -0.480 e. The van der Waals surface area contributed by atoms with Crippen molar-refractivity contribution in [1.29, 1.82) is 0 Å². The van der Waals surface area contributed by atoms with Crippen molar-refractivity contribution in [1.82, 2.24) is 10.3 Å². The Bertz CT molecular complexity index is 762. The number of thiazole rings is 1. The highest BCUT2D eigenvalue weighted by Gasteiger charge is 2.36. The summed E-state index contributed by atoms with van der Waals surface area (Å²) in [6.45, 7) is 0. The first-order valence-electron chi connectivity index (χ1n) is 6.93. The second kappa shape index (κ2) is 7.83. The van der Waals surface area contributed by atoms with Crippen LogP contribution in [0.5, 0.6) is 0 Å². The van der Waals surface area contributed by atoms with Crippen LogP contribution in [0.15, 0.2) is 29.6 Å². The number of alkyl halides is 3. The first kappa shape index (κ1) is 19.2. The molecule has 0 spiro atoms. The predicted molar refractivity (Wildman–Crippen MR) is 86.5 cm³/mol. The fourth-order valence-electron chi connectivity index (χ4n) is 1.95. The molecule has 1 amide bonds. The third-order valence-electron chi connectivity index (χ3n) is 3.05. The van der Waals surface area contributed by atoms with Crippen LogP contribution >= 0.6 is 22.9 Å². The van der Waals surface area contributed by atoms with Gasteiger partial charge >= 0.3 is 12.1 Å². The van der Waals surface area contributed by atoms with Crippen LogP contribution in [0.2, 0.25) is 5.02 Å². The second-order valence-electron chi connectivity index (χ2n) is 5.11. The first-order valence-corrected chi connectivity index (χ1v) is 8.19. The number of hydrogen-bond donors (Lipinski definition) is 2. The van der Waals surface area contributed by atoms with E-state index in [1.807, 2.05) is 5.32 Å². The van der Waals surface area contributed by atoms with Gasteiger partial charge in [-0.05, 0) is 12.1 Å². The number of rotatable bonds is 6. The van der Waals surface area contributed by atoms with Crippen LogP contribution < -0.4 is 5.32 Å². The van der Waals surface area contributed by atoms with E-state index in [1.54, 1.807) is 29.6 Å². The smallest absolute Gasteiger partial charge is 0.391 e. The molecule has 2 aromatic rings. The molecule has 1 aromatic heterocycles. The molecule has 0 aliphatic heterocycles. The van der Waals surface area contributed by atoms with Crippen molar-refractivity contribution in [3.8, 4) is 10.6 Å². The van der Waals surface area contributed by atoms with Gasteiger partial charge in [0.2, 0.25) is 5.91 Å². The van der Waals surface area contributed by atoms with E-state index in [-0.39, 0.29) is 6.42 Å². The third-order valence-corrected chi connectivity index (χ3v) is 4.25. The van der Waals surface area contributed by atoms with E-state index < -0.39 is 30.5 Å². The Hall–Kier alpha value is -2.13. The lowest BCUT2D eigenvalue weighted by molar-refractivity contribution is -0.159. The lowest BCUT2D eigenvalue weighted by atomic mass is 10.2. The van der Waals surface area contributed by atoms with Crippen molar-refractivity contribution in [3.05, 3.63) is 40.4 Å². The number of aromatic nitrogens is 1. The molecule has 1 atom stereocenters. The quantitative estimate of drug-likeness (QED) is 0.788. The van der Waals surface area contributed by atoms with Gasteiger partial charge in [0.15, 0.2) is 0 Å². The summed E-state index contributed by atoms with van der Waals surface area (Å²) in [7, 11) is 0. The second-order valence-corrected chi connectivity index (χ2v) is 6.40. The summed E-state index contributed by atoms with van der Waals surface area (Å²) in [5.74, 6) is -2.59. The van der Waals surface area contributed by atoms with Crippen molar-refractivity contribution in [2.45, 2.75) is 25.1 Å². The summed E-state index contributed by atoms with van der Waals surface area (Å²) in [4.78, 5) is 26.9. The van der Waals surface area contributed by atoms with Gasteiger partial charge in [0.25, 0.3) is 0 Å². The summed E-state index contributed by atoms with van der Waals surface area (Å²) < 4.78 is 37.0. The topological polar surface area (TPSA) is 79.3 Å². The summed E-state index contributed by atoms with van der Waals surface area (Å²) in [6, 6.07) is 4.82. The maximum absolute atomic E-state index is 12.3. The number of hydrogen-bond acceptors (Lipinski definition) is 4. The van der Waals surface area contributed by atoms with Gasteiger partial charge in [0.1, 0.15) is 11.0 Å². The molecule has 10 heteroatoms. The summed E-state index contributed by atoms with van der Waals surface area (Å²) in [5.41, 5.74) is 1.12. The number of halogens is 4. The molecular weight excluding hydrogens is 381 g/mol. The van der Waals surface area contributed by atoms with E-state index in [9.17, 15) is 22.8 Å². The van der Waals surface area contributed by atoms with Crippen molar-refractivity contribution >= 4 is 34.8 Å². The number of carbonyl (C=O) groups is 2. The lowest BCUT2D eigenvalue weighted by Crippen LogP contribution is -2.44. The van der Waals surface area contributed by atoms with E-state index in [4.69, 9.17) is 16.7 Å². The molecule has 2 N–H and O–H groups in total. The summed E-state index contributed by atoms with van der Waals surface area (Å²) in [5, 5.41) is 13.4. The fourth-order valence-corrected chi connectivity index (χ4v) is 2.91. The molecule has 1 heterocycles. The highest BCUT2D eigenvalue weighted by atomic mass is 35.5. The first-order chi connectivity index (χ1) is 11.6. The highest BCUT2D eigenvalue weighted by Crippen LogP contribution is 2.25. The van der Waals surface area contributed by atoms with E-state index in [2.05, 4.69) is 4.98 Å². The van der Waals surface area contributed by atoms with Crippen molar-refractivity contribution in [2.75, 3.05) is 0 Å². The van der Waals surface area contributed by atoms with Crippen LogP contribution in [-0.4, -0.2) is 34.2 Å². The molecule has 2 rings (SSSR count). The number of carboxylic acids is 1. The number of nitrogens with zero attached hydrogens (tertiary/aromatic N) is 1. The minimum absolute atomic E-state index is 0.314. The van der Waals surface area contributed by atoms with Gasteiger partial charge in [-0.15, -0.1) is 11.3 Å². The van der Waals surface area contributed by atoms with Gasteiger partial charge in [-0.25, -0.2) is 9.78 Å². The van der Waals surface area contributed by atoms with Crippen molar-refractivity contribution in [2.24, 2.45) is 0 Å². The van der Waals surface area contributed by atoms with E-state index in [0.29, 0.717) is 15.7 Å². The average molecular weight is 393 g/mol. The molecular formula is C15H12ClF3N2O3S. The maximum atomic E-state index is 12.3. The van der Waals surface area contributed by atoms with E-state index in [0.717, 1.165) is 5.56 Å². The molecule has 25 heavy (non-hydrogen) atoms. The third kappa shape index (κ3) is 6.02. The molecule has 0 aliphatic rings. The Balaban J connectivity index is 2.00. The highest BCUT2D eigenvalue weighted by molar-refractivity contribution is 7.13. The number of aliphatic carboxylic acids is 1. The van der Waals surface area contributed by atoms with Gasteiger partial charge in [0, 0.05) is 16.0 Å². The Labute approximate surface area is 149 Å². The number of carboxylic acid groups (broad SMARTS) is 1. The van der Waals surface area contributed by atoms with Gasteiger partial charge in [-0.1, -0.05) is 23.7 Å². The summed E-state index contributed by atoms with van der Waals surface area (Å²) >= 11 is 7.05. The Morgan fingerprint density at radius 3 is 2.48 bits per heavy atom. The molecule has 5 nitrogen and oxygen atoms in total. The fraction of sp³-hybridized carbons (Fsp3) is 0.267. The molecule has 0 bridgehead atoms. The van der Waals surface area contributed by atoms with Crippen molar-refractivity contribution < 1.29 is 27.9 Å². The van der Waals surface area contributed by atoms with Crippen LogP contribution in [0.25, 0.3) is 10.6 Å². The molecule has 0 fully saturated rings. The van der Waals surface area contributed by atoms with Gasteiger partial charge in [-0.2, -0.15) is 13.2 Å². The number of amides is 1. The number of nitrogens with one attached hydrogen (secondary N) is 1. The zero-order chi connectivity index (χ0) is 18.6. The predicted octanol–water partition coefficient (Wildman–Crippen LogP) is 3.53. The molecule has 0 saturated heterocycles. The minimum atomic E-state index is -4.70. The van der Waals surface area contributed by atoms with E-state index in [1.165, 1.54) is 11.3 Å². The van der Waals surface area contributed by atoms with Crippen LogP contribution in [0.4, 0.5) is 13.2 Å². The van der Waals surface area contributed by atoms with Gasteiger partial charge in [0.05, 0.1) is 18.5 Å². The van der Waals surface area contributed by atoms with Gasteiger partial charge in [-0.3, -0.25) is 4.79 Å². The SMILES string of the molecule is O=C(Cc1csc(-c2ccc(Cl)cc2)n1)NC(CC(F)(F)F)C(=O)O. The van der Waals surface area contributed by atoms with E-state index >= 15 is 0 Å². The van der Waals surface area contributed by atoms with Crippen LogP contribution in [0.3, 0.4) is 0 Å². The van der Waals surface area contributed by atoms with Crippen LogP contribution in [-0.2, 0) is 16.0 Å².